The monoisotopic (exact) mass is 380 g/mol. The summed E-state index contributed by atoms with van der Waals surface area (Å²) in [6, 6.07) is 10.6. The van der Waals surface area contributed by atoms with E-state index >= 15 is 0 Å². The van der Waals surface area contributed by atoms with E-state index in [1.807, 2.05) is 17.5 Å². The number of nitrogens with one attached hydrogen (secondary N) is 1. The van der Waals surface area contributed by atoms with Crippen LogP contribution in [-0.4, -0.2) is 39.8 Å². The molecule has 2 aromatic rings. The van der Waals surface area contributed by atoms with Gasteiger partial charge in [0.1, 0.15) is 0 Å². The average Bonchev–Trinajstić information content (AvgIpc) is 3.11. The van der Waals surface area contributed by atoms with Crippen LogP contribution in [0.5, 0.6) is 0 Å². The number of carbonyl (C=O) groups is 1. The summed E-state index contributed by atoms with van der Waals surface area (Å²) in [5.74, 6) is -0.0364. The van der Waals surface area contributed by atoms with Gasteiger partial charge in [-0.3, -0.25) is 9.52 Å². The predicted octanol–water partition coefficient (Wildman–Crippen LogP) is 2.95. The van der Waals surface area contributed by atoms with Crippen LogP contribution in [0.3, 0.4) is 0 Å². The van der Waals surface area contributed by atoms with Crippen LogP contribution in [0.1, 0.15) is 22.5 Å². The highest BCUT2D eigenvalue weighted by Gasteiger charge is 2.28. The molecule has 0 atom stereocenters. The van der Waals surface area contributed by atoms with Gasteiger partial charge in [0.15, 0.2) is 0 Å². The van der Waals surface area contributed by atoms with E-state index in [2.05, 4.69) is 4.72 Å². The Bertz CT molecular complexity index is 811. The maximum Gasteiger partial charge on any atom is 0.268 e. The summed E-state index contributed by atoms with van der Waals surface area (Å²) in [4.78, 5) is 15.5. The van der Waals surface area contributed by atoms with Crippen LogP contribution in [0.2, 0.25) is 0 Å². The molecule has 25 heavy (non-hydrogen) atoms. The molecule has 3 rings (SSSR count). The van der Waals surface area contributed by atoms with E-state index in [0.29, 0.717) is 23.8 Å². The second-order valence-electron chi connectivity index (χ2n) is 5.92. The van der Waals surface area contributed by atoms with E-state index in [-0.39, 0.29) is 11.9 Å². The Balaban J connectivity index is 1.89. The van der Waals surface area contributed by atoms with Gasteiger partial charge in [-0.05, 0) is 48.6 Å². The van der Waals surface area contributed by atoms with Gasteiger partial charge in [-0.1, -0.05) is 6.07 Å². The van der Waals surface area contributed by atoms with Gasteiger partial charge >= 0.3 is 0 Å². The molecule has 0 radical (unpaired) electrons. The fraction of sp³-hybridized carbons (Fsp3) is 0.353. The second-order valence-corrected chi connectivity index (χ2v) is 8.61. The SMILES string of the molecule is CS(=O)(=O)Nc1ccc(N(C(=O)c2cccs2)C2CCOCC2)cc1. The Kier molecular flexibility index (Phi) is 5.41. The van der Waals surface area contributed by atoms with Gasteiger partial charge in [0.2, 0.25) is 10.0 Å². The van der Waals surface area contributed by atoms with Gasteiger partial charge in [-0.2, -0.15) is 0 Å². The minimum absolute atomic E-state index is 0.0364. The summed E-state index contributed by atoms with van der Waals surface area (Å²) < 4.78 is 30.5. The van der Waals surface area contributed by atoms with Crippen molar-refractivity contribution in [2.75, 3.05) is 29.1 Å². The van der Waals surface area contributed by atoms with E-state index in [1.165, 1.54) is 11.3 Å². The van der Waals surface area contributed by atoms with Crippen molar-refractivity contribution in [1.29, 1.82) is 0 Å². The molecule has 0 bridgehead atoms. The molecule has 1 fully saturated rings. The molecule has 0 unspecified atom stereocenters. The first-order chi connectivity index (χ1) is 11.9. The Morgan fingerprint density at radius 3 is 2.44 bits per heavy atom. The Morgan fingerprint density at radius 2 is 1.88 bits per heavy atom. The van der Waals surface area contributed by atoms with Crippen molar-refractivity contribution in [3.8, 4) is 0 Å². The largest absolute Gasteiger partial charge is 0.381 e. The highest BCUT2D eigenvalue weighted by molar-refractivity contribution is 7.92. The molecule has 6 nitrogen and oxygen atoms in total. The van der Waals surface area contributed by atoms with Crippen LogP contribution in [0.25, 0.3) is 0 Å². The Morgan fingerprint density at radius 1 is 1.20 bits per heavy atom. The predicted molar refractivity (Wildman–Crippen MR) is 99.9 cm³/mol. The molecule has 1 aliphatic rings. The summed E-state index contributed by atoms with van der Waals surface area (Å²) in [6.07, 6.45) is 2.66. The van der Waals surface area contributed by atoms with Crippen molar-refractivity contribution in [3.05, 3.63) is 46.7 Å². The number of thiophene rings is 1. The van der Waals surface area contributed by atoms with Crippen molar-refractivity contribution < 1.29 is 17.9 Å². The molecule has 2 heterocycles. The fourth-order valence-corrected chi connectivity index (χ4v) is 4.08. The Labute approximate surface area is 151 Å². The fourth-order valence-electron chi connectivity index (χ4n) is 2.86. The van der Waals surface area contributed by atoms with Crippen LogP contribution in [0, 0.1) is 0 Å². The number of benzene rings is 1. The summed E-state index contributed by atoms with van der Waals surface area (Å²) >= 11 is 1.41. The molecule has 1 amide bonds. The first kappa shape index (κ1) is 17.9. The number of carbonyl (C=O) groups excluding carboxylic acids is 1. The van der Waals surface area contributed by atoms with E-state index in [0.717, 1.165) is 24.8 Å². The molecule has 0 saturated carbocycles. The lowest BCUT2D eigenvalue weighted by Gasteiger charge is -2.34. The minimum atomic E-state index is -3.33. The van der Waals surface area contributed by atoms with E-state index in [4.69, 9.17) is 4.74 Å². The van der Waals surface area contributed by atoms with Crippen LogP contribution in [0.15, 0.2) is 41.8 Å². The van der Waals surface area contributed by atoms with Crippen LogP contribution in [0.4, 0.5) is 11.4 Å². The minimum Gasteiger partial charge on any atom is -0.381 e. The highest BCUT2D eigenvalue weighted by atomic mass is 32.2. The van der Waals surface area contributed by atoms with Crippen LogP contribution >= 0.6 is 11.3 Å². The highest BCUT2D eigenvalue weighted by Crippen LogP contribution is 2.28. The molecule has 8 heteroatoms. The van der Waals surface area contributed by atoms with Crippen molar-refractivity contribution in [2.24, 2.45) is 0 Å². The second kappa shape index (κ2) is 7.55. The number of nitrogens with zero attached hydrogens (tertiary/aromatic N) is 1. The van der Waals surface area contributed by atoms with Crippen molar-refractivity contribution >= 4 is 38.6 Å². The van der Waals surface area contributed by atoms with Gasteiger partial charge in [0.05, 0.1) is 11.1 Å². The van der Waals surface area contributed by atoms with E-state index in [9.17, 15) is 13.2 Å². The Hall–Kier alpha value is -1.90. The van der Waals surface area contributed by atoms with Gasteiger partial charge in [-0.15, -0.1) is 11.3 Å². The molecule has 1 N–H and O–H groups in total. The van der Waals surface area contributed by atoms with Gasteiger partial charge < -0.3 is 9.64 Å². The van der Waals surface area contributed by atoms with E-state index < -0.39 is 10.0 Å². The van der Waals surface area contributed by atoms with E-state index in [1.54, 1.807) is 29.2 Å². The lowest BCUT2D eigenvalue weighted by molar-refractivity contribution is 0.0774. The molecule has 1 aliphatic heterocycles. The molecule has 1 aromatic carbocycles. The molecular formula is C17H20N2O4S2. The first-order valence-corrected chi connectivity index (χ1v) is 10.7. The maximum absolute atomic E-state index is 13.0. The molecule has 0 aliphatic carbocycles. The third-order valence-electron chi connectivity index (χ3n) is 3.96. The molecule has 134 valence electrons. The van der Waals surface area contributed by atoms with Crippen LogP contribution < -0.4 is 9.62 Å². The summed E-state index contributed by atoms with van der Waals surface area (Å²) in [5, 5.41) is 1.88. The average molecular weight is 380 g/mol. The zero-order chi connectivity index (χ0) is 17.9. The third kappa shape index (κ3) is 4.59. The van der Waals surface area contributed by atoms with Gasteiger partial charge in [0, 0.05) is 30.6 Å². The van der Waals surface area contributed by atoms with Crippen molar-refractivity contribution in [3.63, 3.8) is 0 Å². The number of hydrogen-bond acceptors (Lipinski definition) is 5. The molecule has 1 saturated heterocycles. The normalized spacial score (nSPS) is 15.7. The number of anilines is 2. The molecule has 0 spiro atoms. The zero-order valence-electron chi connectivity index (χ0n) is 13.8. The van der Waals surface area contributed by atoms with Crippen molar-refractivity contribution in [2.45, 2.75) is 18.9 Å². The number of hydrogen-bond donors (Lipinski definition) is 1. The third-order valence-corrected chi connectivity index (χ3v) is 5.42. The molecule has 1 aromatic heterocycles. The lowest BCUT2D eigenvalue weighted by atomic mass is 10.1. The smallest absolute Gasteiger partial charge is 0.268 e. The number of sulfonamides is 1. The topological polar surface area (TPSA) is 75.7 Å². The standard InChI is InChI=1S/C17H20N2O4S2/c1-25(21,22)18-13-4-6-14(7-5-13)19(15-8-10-23-11-9-15)17(20)16-3-2-12-24-16/h2-7,12,15,18H,8-11H2,1H3. The quantitative estimate of drug-likeness (QED) is 0.865. The summed E-state index contributed by atoms with van der Waals surface area (Å²) in [7, 11) is -3.33. The zero-order valence-corrected chi connectivity index (χ0v) is 15.5. The number of rotatable bonds is 5. The summed E-state index contributed by atoms with van der Waals surface area (Å²) in [5.41, 5.74) is 1.23. The van der Waals surface area contributed by atoms with Crippen LogP contribution in [-0.2, 0) is 14.8 Å². The van der Waals surface area contributed by atoms with Crippen molar-refractivity contribution in [1.82, 2.24) is 0 Å². The number of amides is 1. The first-order valence-electron chi connectivity index (χ1n) is 7.97. The summed E-state index contributed by atoms with van der Waals surface area (Å²) in [6.45, 7) is 1.26. The maximum atomic E-state index is 13.0. The van der Waals surface area contributed by atoms with Gasteiger partial charge in [-0.25, -0.2) is 8.42 Å². The lowest BCUT2D eigenvalue weighted by Crippen LogP contribution is -2.43. The molecular weight excluding hydrogens is 360 g/mol. The number of ether oxygens (including phenoxy) is 1. The van der Waals surface area contributed by atoms with Gasteiger partial charge in [0.25, 0.3) is 5.91 Å².